The van der Waals surface area contributed by atoms with Crippen molar-refractivity contribution < 1.29 is 28.6 Å². The van der Waals surface area contributed by atoms with Gasteiger partial charge >= 0.3 is 17.9 Å². The third kappa shape index (κ3) is 50.7. The molecule has 1 unspecified atom stereocenters. The number of unbranched alkanes of at least 4 members (excludes halogenated alkanes) is 36. The van der Waals surface area contributed by atoms with E-state index in [1.807, 2.05) is 0 Å². The Labute approximate surface area is 392 Å². The van der Waals surface area contributed by atoms with E-state index in [1.54, 1.807) is 0 Å². The molecule has 0 aliphatic rings. The molecule has 1 atom stereocenters. The van der Waals surface area contributed by atoms with Gasteiger partial charge in [0.15, 0.2) is 6.10 Å². The number of allylic oxidation sites excluding steroid dienone is 4. The van der Waals surface area contributed by atoms with Crippen LogP contribution in [0.5, 0.6) is 0 Å². The molecule has 0 bridgehead atoms. The van der Waals surface area contributed by atoms with E-state index in [1.165, 1.54) is 193 Å². The van der Waals surface area contributed by atoms with E-state index in [0.29, 0.717) is 19.3 Å². The van der Waals surface area contributed by atoms with Gasteiger partial charge in [-0.05, 0) is 70.6 Å². The van der Waals surface area contributed by atoms with Crippen LogP contribution in [0.4, 0.5) is 0 Å². The molecule has 0 aliphatic carbocycles. The second kappa shape index (κ2) is 52.5. The van der Waals surface area contributed by atoms with Gasteiger partial charge in [-0.15, -0.1) is 0 Å². The van der Waals surface area contributed by atoms with Crippen molar-refractivity contribution in [3.05, 3.63) is 24.3 Å². The molecule has 0 rings (SSSR count). The highest BCUT2D eigenvalue weighted by atomic mass is 16.6. The second-order valence-electron chi connectivity index (χ2n) is 18.8. The number of hydrogen-bond donors (Lipinski definition) is 0. The lowest BCUT2D eigenvalue weighted by molar-refractivity contribution is -0.167. The molecule has 0 amide bonds. The molecule has 0 spiro atoms. The lowest BCUT2D eigenvalue weighted by atomic mass is 10.0. The lowest BCUT2D eigenvalue weighted by Crippen LogP contribution is -2.30. The van der Waals surface area contributed by atoms with Crippen molar-refractivity contribution in [2.75, 3.05) is 13.2 Å². The second-order valence-corrected chi connectivity index (χ2v) is 18.8. The minimum absolute atomic E-state index is 0.0730. The average molecular weight is 887 g/mol. The summed E-state index contributed by atoms with van der Waals surface area (Å²) in [4.78, 5) is 38.1. The standard InChI is InChI=1S/C57H106O6/c1-4-7-10-13-16-19-22-25-28-31-34-37-40-43-46-49-55(58)61-52-54(63-57(60)51-48-45-42-39-36-33-30-27-24-21-18-15-12-9-6-3)53-62-56(59)50-47-44-41-38-35-32-29-26-23-20-17-14-11-8-5-2/h25,27-28,30,54H,4-24,26,29,31-53H2,1-3H3. The largest absolute Gasteiger partial charge is 0.462 e. The van der Waals surface area contributed by atoms with Gasteiger partial charge in [0.1, 0.15) is 13.2 Å². The van der Waals surface area contributed by atoms with Crippen molar-refractivity contribution in [3.63, 3.8) is 0 Å². The molecule has 63 heavy (non-hydrogen) atoms. The first-order chi connectivity index (χ1) is 31.0. The number of rotatable bonds is 51. The van der Waals surface area contributed by atoms with E-state index in [9.17, 15) is 14.4 Å². The van der Waals surface area contributed by atoms with Crippen molar-refractivity contribution in [2.45, 2.75) is 309 Å². The molecule has 0 saturated heterocycles. The molecule has 0 radical (unpaired) electrons. The highest BCUT2D eigenvalue weighted by molar-refractivity contribution is 5.71. The van der Waals surface area contributed by atoms with E-state index in [4.69, 9.17) is 14.2 Å². The normalized spacial score (nSPS) is 12.1. The number of hydrogen-bond acceptors (Lipinski definition) is 6. The predicted octanol–water partition coefficient (Wildman–Crippen LogP) is 18.3. The number of ether oxygens (including phenoxy) is 3. The van der Waals surface area contributed by atoms with Crippen LogP contribution in [0, 0.1) is 0 Å². The van der Waals surface area contributed by atoms with E-state index < -0.39 is 6.10 Å². The zero-order valence-corrected chi connectivity index (χ0v) is 42.4. The molecule has 0 aromatic rings. The average Bonchev–Trinajstić information content (AvgIpc) is 3.28. The monoisotopic (exact) mass is 887 g/mol. The SMILES string of the molecule is CCCCCCCCC=CCCCCCCCC(=O)OCC(COC(=O)CCCCCCCCCCCCCCCCC)OC(=O)CCCCCCCC=CCCCCCCCC. The van der Waals surface area contributed by atoms with Crippen molar-refractivity contribution in [2.24, 2.45) is 0 Å². The van der Waals surface area contributed by atoms with Crippen molar-refractivity contribution in [1.82, 2.24) is 0 Å². The molecule has 0 aromatic carbocycles. The van der Waals surface area contributed by atoms with E-state index >= 15 is 0 Å². The Morgan fingerprint density at radius 1 is 0.302 bits per heavy atom. The van der Waals surface area contributed by atoms with Gasteiger partial charge in [-0.25, -0.2) is 0 Å². The zero-order chi connectivity index (χ0) is 45.8. The summed E-state index contributed by atoms with van der Waals surface area (Å²) in [6.07, 6.45) is 60.2. The van der Waals surface area contributed by atoms with Gasteiger partial charge in [0.25, 0.3) is 0 Å². The van der Waals surface area contributed by atoms with Crippen molar-refractivity contribution in [3.8, 4) is 0 Å². The fraction of sp³-hybridized carbons (Fsp3) is 0.877. The predicted molar refractivity (Wildman–Crippen MR) is 270 cm³/mol. The molecule has 6 heteroatoms. The molecule has 0 fully saturated rings. The molecule has 0 aliphatic heterocycles. The van der Waals surface area contributed by atoms with Crippen LogP contribution < -0.4 is 0 Å². The zero-order valence-electron chi connectivity index (χ0n) is 42.4. The summed E-state index contributed by atoms with van der Waals surface area (Å²) in [5, 5.41) is 0. The van der Waals surface area contributed by atoms with Crippen molar-refractivity contribution >= 4 is 17.9 Å². The topological polar surface area (TPSA) is 78.9 Å². The number of esters is 3. The van der Waals surface area contributed by atoms with Crippen LogP contribution in [-0.4, -0.2) is 37.2 Å². The maximum absolute atomic E-state index is 12.8. The Morgan fingerprint density at radius 3 is 0.794 bits per heavy atom. The summed E-state index contributed by atoms with van der Waals surface area (Å²) in [7, 11) is 0. The molecule has 0 aromatic heterocycles. The van der Waals surface area contributed by atoms with E-state index in [-0.39, 0.29) is 31.1 Å². The molecule has 0 saturated carbocycles. The van der Waals surface area contributed by atoms with Crippen molar-refractivity contribution in [1.29, 1.82) is 0 Å². The van der Waals surface area contributed by atoms with E-state index in [2.05, 4.69) is 45.1 Å². The van der Waals surface area contributed by atoms with Gasteiger partial charge in [-0.1, -0.05) is 238 Å². The fourth-order valence-electron chi connectivity index (χ4n) is 8.20. The van der Waals surface area contributed by atoms with Crippen LogP contribution >= 0.6 is 0 Å². The minimum atomic E-state index is -0.774. The summed E-state index contributed by atoms with van der Waals surface area (Å²) in [5.74, 6) is -0.873. The number of carbonyl (C=O) groups is 3. The lowest BCUT2D eigenvalue weighted by Gasteiger charge is -2.18. The maximum Gasteiger partial charge on any atom is 0.306 e. The van der Waals surface area contributed by atoms with Crippen LogP contribution in [-0.2, 0) is 28.6 Å². The van der Waals surface area contributed by atoms with Gasteiger partial charge in [0.05, 0.1) is 0 Å². The highest BCUT2D eigenvalue weighted by Gasteiger charge is 2.19. The Morgan fingerprint density at radius 2 is 0.524 bits per heavy atom. The van der Waals surface area contributed by atoms with Crippen LogP contribution in [0.3, 0.4) is 0 Å². The quantitative estimate of drug-likeness (QED) is 0.0262. The number of carbonyl (C=O) groups excluding carboxylic acids is 3. The molecule has 0 N–H and O–H groups in total. The molecule has 370 valence electrons. The Hall–Kier alpha value is -2.11. The van der Waals surface area contributed by atoms with Crippen LogP contribution in [0.25, 0.3) is 0 Å². The Balaban J connectivity index is 4.36. The van der Waals surface area contributed by atoms with Gasteiger partial charge in [-0.2, -0.15) is 0 Å². The highest BCUT2D eigenvalue weighted by Crippen LogP contribution is 2.16. The molecule has 0 heterocycles. The van der Waals surface area contributed by atoms with Crippen LogP contribution in [0.1, 0.15) is 303 Å². The van der Waals surface area contributed by atoms with E-state index in [0.717, 1.165) is 70.6 Å². The molecular weight excluding hydrogens is 781 g/mol. The van der Waals surface area contributed by atoms with Gasteiger partial charge in [-0.3, -0.25) is 14.4 Å². The first-order valence-electron chi connectivity index (χ1n) is 27.8. The fourth-order valence-corrected chi connectivity index (χ4v) is 8.20. The molecule has 6 nitrogen and oxygen atoms in total. The molecular formula is C57H106O6. The van der Waals surface area contributed by atoms with Crippen LogP contribution in [0.15, 0.2) is 24.3 Å². The Kier molecular flexibility index (Phi) is 50.8. The van der Waals surface area contributed by atoms with Gasteiger partial charge in [0, 0.05) is 19.3 Å². The third-order valence-corrected chi connectivity index (χ3v) is 12.4. The summed E-state index contributed by atoms with van der Waals surface area (Å²) in [5.41, 5.74) is 0. The third-order valence-electron chi connectivity index (χ3n) is 12.4. The van der Waals surface area contributed by atoms with Gasteiger partial charge < -0.3 is 14.2 Å². The van der Waals surface area contributed by atoms with Crippen LogP contribution in [0.2, 0.25) is 0 Å². The Bertz CT molecular complexity index is 1020. The minimum Gasteiger partial charge on any atom is -0.462 e. The first kappa shape index (κ1) is 60.9. The summed E-state index contributed by atoms with van der Waals surface area (Å²) in [6, 6.07) is 0. The summed E-state index contributed by atoms with van der Waals surface area (Å²) in [6.45, 7) is 6.65. The smallest absolute Gasteiger partial charge is 0.306 e. The summed E-state index contributed by atoms with van der Waals surface area (Å²) >= 11 is 0. The summed E-state index contributed by atoms with van der Waals surface area (Å²) < 4.78 is 16.8. The van der Waals surface area contributed by atoms with Gasteiger partial charge in [0.2, 0.25) is 0 Å². The first-order valence-corrected chi connectivity index (χ1v) is 27.8. The maximum atomic E-state index is 12.8.